The van der Waals surface area contributed by atoms with Crippen molar-refractivity contribution in [2.75, 3.05) is 38.0 Å². The van der Waals surface area contributed by atoms with Crippen LogP contribution in [-0.4, -0.2) is 31.4 Å². The minimum Gasteiger partial charge on any atom is -1.00 e. The maximum Gasteiger partial charge on any atom is -0.109 e. The van der Waals surface area contributed by atoms with Crippen LogP contribution < -0.4 is 34.6 Å². The molecule has 0 saturated carbocycles. The van der Waals surface area contributed by atoms with Gasteiger partial charge in [-0.25, -0.2) is 12.2 Å². The van der Waals surface area contributed by atoms with E-state index >= 15 is 0 Å². The fourth-order valence-corrected chi connectivity index (χ4v) is 2.98. The van der Waals surface area contributed by atoms with Crippen molar-refractivity contribution in [2.45, 2.75) is 26.7 Å². The van der Waals surface area contributed by atoms with Crippen molar-refractivity contribution >= 4 is 14.6 Å². The molecule has 0 saturated heterocycles. The predicted molar refractivity (Wildman–Crippen MR) is 120 cm³/mol. The molecule has 0 fully saturated rings. The van der Waals surface area contributed by atoms with Crippen molar-refractivity contribution in [1.82, 2.24) is 0 Å². The number of anilines is 2. The molecule has 0 unspecified atom stereocenters. The minimum atomic E-state index is 0. The second kappa shape index (κ2) is 14.0. The standard InChI is InChI=1S/C17H19N2.C5H5.C3H6.2ClH.Zr/c1-18(2)14-5-7-16-12(10-14)9-13-11-15(19(3)4)6-8-17(13)16;1-2-4-5-3-1;1-3-2;;;/h5-8,10H,9H2,1-4H3;1-3H,4H2;1-2H3;2*1H;/q2*-1;;;;+2/p-2. The number of rotatable bonds is 2. The van der Waals surface area contributed by atoms with Gasteiger partial charge in [0.15, 0.2) is 0 Å². The van der Waals surface area contributed by atoms with Crippen LogP contribution in [0.15, 0.2) is 48.6 Å². The number of allylic oxidation sites excluding steroid dienone is 4. The summed E-state index contributed by atoms with van der Waals surface area (Å²) in [6.07, 6.45) is 11.0. The number of hydrogen-bond acceptors (Lipinski definition) is 2. The van der Waals surface area contributed by atoms with Crippen molar-refractivity contribution in [1.29, 1.82) is 0 Å². The van der Waals surface area contributed by atoms with Gasteiger partial charge in [0.05, 0.1) is 0 Å². The SMILES string of the molecule is CN(C)c1[c-]c2c(cc1)-c1ccc(N(C)C)cc1C2.C[C](C)=[Zr+2].[C-]1=CC=CC1.[Cl-].[Cl-]. The van der Waals surface area contributed by atoms with Gasteiger partial charge >= 0.3 is 41.3 Å². The largest absolute Gasteiger partial charge is 1.00 e. The topological polar surface area (TPSA) is 6.48 Å². The quantitative estimate of drug-likeness (QED) is 0.411. The van der Waals surface area contributed by atoms with E-state index in [1.165, 1.54) is 31.1 Å². The van der Waals surface area contributed by atoms with Gasteiger partial charge in [-0.2, -0.15) is 18.2 Å². The molecule has 0 spiro atoms. The number of fused-ring (bicyclic) bond motifs is 3. The van der Waals surface area contributed by atoms with Crippen LogP contribution in [0.4, 0.5) is 11.4 Å². The molecule has 0 amide bonds. The van der Waals surface area contributed by atoms with Crippen LogP contribution in [-0.2, 0) is 30.7 Å². The first-order valence-electron chi connectivity index (χ1n) is 9.56. The molecular weight excluding hydrogens is 490 g/mol. The molecule has 2 aliphatic carbocycles. The molecule has 5 heteroatoms. The second-order valence-electron chi connectivity index (χ2n) is 7.55. The summed E-state index contributed by atoms with van der Waals surface area (Å²) in [5.41, 5.74) is 7.84. The Hall–Kier alpha value is -1.15. The van der Waals surface area contributed by atoms with E-state index in [-0.39, 0.29) is 24.8 Å². The predicted octanol–water partition coefficient (Wildman–Crippen LogP) is -0.751. The van der Waals surface area contributed by atoms with E-state index in [1.807, 2.05) is 12.2 Å². The summed E-state index contributed by atoms with van der Waals surface area (Å²) in [6.45, 7) is 4.25. The molecule has 0 heterocycles. The number of hydrogen-bond donors (Lipinski definition) is 0. The molecule has 4 rings (SSSR count). The monoisotopic (exact) mass is 518 g/mol. The van der Waals surface area contributed by atoms with Crippen LogP contribution >= 0.6 is 0 Å². The van der Waals surface area contributed by atoms with Crippen molar-refractivity contribution in [3.63, 3.8) is 0 Å². The fraction of sp³-hybridized carbons (Fsp3) is 0.320. The molecular formula is C25H30Cl2N2Zr-2. The first kappa shape index (κ1) is 28.9. The molecule has 160 valence electrons. The zero-order chi connectivity index (χ0) is 20.7. The van der Waals surface area contributed by atoms with Crippen LogP contribution in [0.3, 0.4) is 0 Å². The molecule has 0 aromatic heterocycles. The summed E-state index contributed by atoms with van der Waals surface area (Å²) in [7, 11) is 8.29. The Morgan fingerprint density at radius 3 is 2.03 bits per heavy atom. The van der Waals surface area contributed by atoms with Gasteiger partial charge in [-0.05, 0) is 24.1 Å². The van der Waals surface area contributed by atoms with Crippen LogP contribution in [0.1, 0.15) is 31.4 Å². The van der Waals surface area contributed by atoms with Gasteiger partial charge in [0.1, 0.15) is 0 Å². The van der Waals surface area contributed by atoms with E-state index in [0.29, 0.717) is 0 Å². The average molecular weight is 521 g/mol. The Labute approximate surface area is 210 Å². The molecule has 0 radical (unpaired) electrons. The number of halogens is 2. The first-order chi connectivity index (χ1) is 13.3. The van der Waals surface area contributed by atoms with Crippen molar-refractivity contribution in [3.8, 4) is 11.1 Å². The van der Waals surface area contributed by atoms with Gasteiger partial charge in [0, 0.05) is 33.9 Å². The maximum atomic E-state index is 3.53. The number of nitrogens with zero attached hydrogens (tertiary/aromatic N) is 2. The molecule has 0 aliphatic heterocycles. The van der Waals surface area contributed by atoms with Gasteiger partial charge in [-0.3, -0.25) is 6.08 Å². The van der Waals surface area contributed by atoms with Gasteiger partial charge in [-0.15, -0.1) is 23.6 Å². The van der Waals surface area contributed by atoms with E-state index in [9.17, 15) is 0 Å². The third-order valence-corrected chi connectivity index (χ3v) is 4.34. The molecule has 0 bridgehead atoms. The van der Waals surface area contributed by atoms with Crippen LogP contribution in [0.25, 0.3) is 11.1 Å². The smallest absolute Gasteiger partial charge is 0.109 e. The summed E-state index contributed by atoms with van der Waals surface area (Å²) in [5.74, 6) is 0. The normalized spacial score (nSPS) is 11.5. The Kier molecular flexibility index (Phi) is 13.5. The van der Waals surface area contributed by atoms with Crippen molar-refractivity contribution in [2.24, 2.45) is 0 Å². The molecule has 30 heavy (non-hydrogen) atoms. The van der Waals surface area contributed by atoms with Gasteiger partial charge in [0.25, 0.3) is 0 Å². The van der Waals surface area contributed by atoms with Crippen molar-refractivity contribution < 1.29 is 49.0 Å². The number of benzene rings is 2. The molecule has 2 aromatic rings. The Bertz CT molecular complexity index is 817. The van der Waals surface area contributed by atoms with E-state index < -0.39 is 0 Å². The molecule has 2 aliphatic rings. The zero-order valence-electron chi connectivity index (χ0n) is 18.7. The summed E-state index contributed by atoms with van der Waals surface area (Å²) in [6, 6.07) is 14.6. The summed E-state index contributed by atoms with van der Waals surface area (Å²) in [5, 5.41) is 0. The fourth-order valence-electron chi connectivity index (χ4n) is 2.98. The zero-order valence-corrected chi connectivity index (χ0v) is 22.7. The molecule has 2 aromatic carbocycles. The average Bonchev–Trinajstić information content (AvgIpc) is 3.31. The van der Waals surface area contributed by atoms with Gasteiger partial charge in [-0.1, -0.05) is 17.3 Å². The summed E-state index contributed by atoms with van der Waals surface area (Å²) in [4.78, 5) is 4.26. The van der Waals surface area contributed by atoms with E-state index in [4.69, 9.17) is 0 Å². The third-order valence-electron chi connectivity index (χ3n) is 4.34. The third kappa shape index (κ3) is 8.54. The van der Waals surface area contributed by atoms with Gasteiger partial charge in [0.2, 0.25) is 0 Å². The maximum absolute atomic E-state index is 3.53. The van der Waals surface area contributed by atoms with E-state index in [0.717, 1.165) is 18.5 Å². The summed E-state index contributed by atoms with van der Waals surface area (Å²) >= 11 is 1.55. The van der Waals surface area contributed by atoms with E-state index in [1.54, 1.807) is 24.2 Å². The van der Waals surface area contributed by atoms with Crippen LogP contribution in [0.5, 0.6) is 0 Å². The van der Waals surface area contributed by atoms with E-state index in [2.05, 4.69) is 100 Å². The van der Waals surface area contributed by atoms with Crippen LogP contribution in [0, 0.1) is 12.1 Å². The minimum absolute atomic E-state index is 0. The Morgan fingerprint density at radius 2 is 1.57 bits per heavy atom. The van der Waals surface area contributed by atoms with Gasteiger partial charge < -0.3 is 34.6 Å². The molecule has 2 nitrogen and oxygen atoms in total. The Morgan fingerprint density at radius 1 is 0.933 bits per heavy atom. The second-order valence-corrected chi connectivity index (χ2v) is 10.0. The van der Waals surface area contributed by atoms with Crippen LogP contribution in [0.2, 0.25) is 0 Å². The first-order valence-corrected chi connectivity index (χ1v) is 10.8. The summed E-state index contributed by atoms with van der Waals surface area (Å²) < 4.78 is 1.51. The van der Waals surface area contributed by atoms with Crippen molar-refractivity contribution in [3.05, 3.63) is 71.8 Å². The molecule has 0 atom stereocenters. The molecule has 0 N–H and O–H groups in total. The Balaban J connectivity index is 0.000000645.